The summed E-state index contributed by atoms with van der Waals surface area (Å²) in [6.45, 7) is 8.72. The van der Waals surface area contributed by atoms with E-state index < -0.39 is 0 Å². The van der Waals surface area contributed by atoms with Gasteiger partial charge in [0.25, 0.3) is 0 Å². The topological polar surface area (TPSA) is 29.1 Å². The van der Waals surface area contributed by atoms with Gasteiger partial charge in [-0.1, -0.05) is 52.3 Å². The molecule has 0 heterocycles. The molecule has 0 unspecified atom stereocenters. The van der Waals surface area contributed by atoms with Crippen LogP contribution in [0.1, 0.15) is 69.9 Å². The van der Waals surface area contributed by atoms with Gasteiger partial charge in [0.05, 0.1) is 0 Å². The SMILES string of the molecule is CC(C)c1cccc(C(C)C)c1NC(=O)C1CCC1. The Balaban J connectivity index is 2.31. The number of nitrogens with one attached hydrogen (secondary N) is 1. The minimum absolute atomic E-state index is 0.209. The smallest absolute Gasteiger partial charge is 0.227 e. The molecule has 2 nitrogen and oxygen atoms in total. The van der Waals surface area contributed by atoms with E-state index in [2.05, 4.69) is 51.2 Å². The summed E-state index contributed by atoms with van der Waals surface area (Å²) in [5.74, 6) is 1.30. The lowest BCUT2D eigenvalue weighted by Crippen LogP contribution is -2.29. The fourth-order valence-electron chi connectivity index (χ4n) is 2.59. The predicted octanol–water partition coefficient (Wildman–Crippen LogP) is 4.67. The molecule has 2 heteroatoms. The summed E-state index contributed by atoms with van der Waals surface area (Å²) in [5, 5.41) is 3.20. The number of hydrogen-bond donors (Lipinski definition) is 1. The van der Waals surface area contributed by atoms with Crippen molar-refractivity contribution in [1.29, 1.82) is 0 Å². The first-order chi connectivity index (χ1) is 9.00. The standard InChI is InChI=1S/C17H25NO/c1-11(2)14-9-6-10-15(12(3)4)16(14)18-17(19)13-7-5-8-13/h6,9-13H,5,7-8H2,1-4H3,(H,18,19). The highest BCUT2D eigenvalue weighted by Gasteiger charge is 2.26. The summed E-state index contributed by atoms with van der Waals surface area (Å²) in [7, 11) is 0. The molecule has 0 aliphatic heterocycles. The van der Waals surface area contributed by atoms with E-state index in [1.165, 1.54) is 17.5 Å². The first-order valence-electron chi connectivity index (χ1n) is 7.44. The molecule has 104 valence electrons. The summed E-state index contributed by atoms with van der Waals surface area (Å²) in [5.41, 5.74) is 3.56. The van der Waals surface area contributed by atoms with Crippen LogP contribution in [0, 0.1) is 5.92 Å². The summed E-state index contributed by atoms with van der Waals surface area (Å²) < 4.78 is 0. The van der Waals surface area contributed by atoms with E-state index in [1.54, 1.807) is 0 Å². The Labute approximate surface area is 116 Å². The van der Waals surface area contributed by atoms with Crippen molar-refractivity contribution in [2.75, 3.05) is 5.32 Å². The lowest BCUT2D eigenvalue weighted by Gasteiger charge is -2.27. The Hall–Kier alpha value is -1.31. The van der Waals surface area contributed by atoms with Crippen LogP contribution in [0.3, 0.4) is 0 Å². The van der Waals surface area contributed by atoms with Gasteiger partial charge in [-0.15, -0.1) is 0 Å². The molecule has 0 atom stereocenters. The van der Waals surface area contributed by atoms with Crippen molar-refractivity contribution in [1.82, 2.24) is 0 Å². The average Bonchev–Trinajstić information content (AvgIpc) is 2.25. The number of amides is 1. The summed E-state index contributed by atoms with van der Waals surface area (Å²) in [6.07, 6.45) is 3.29. The third kappa shape index (κ3) is 2.99. The zero-order valence-corrected chi connectivity index (χ0v) is 12.5. The van der Waals surface area contributed by atoms with E-state index in [-0.39, 0.29) is 11.8 Å². The molecule has 19 heavy (non-hydrogen) atoms. The molecule has 1 saturated carbocycles. The minimum Gasteiger partial charge on any atom is -0.325 e. The molecule has 0 aromatic heterocycles. The fraction of sp³-hybridized carbons (Fsp3) is 0.588. The van der Waals surface area contributed by atoms with Gasteiger partial charge in [-0.25, -0.2) is 0 Å². The van der Waals surface area contributed by atoms with E-state index in [9.17, 15) is 4.79 Å². The van der Waals surface area contributed by atoms with Crippen molar-refractivity contribution in [3.8, 4) is 0 Å². The van der Waals surface area contributed by atoms with Crippen molar-refractivity contribution in [2.45, 2.75) is 58.8 Å². The van der Waals surface area contributed by atoms with Gasteiger partial charge < -0.3 is 5.32 Å². The van der Waals surface area contributed by atoms with Gasteiger partial charge in [0.15, 0.2) is 0 Å². The average molecular weight is 259 g/mol. The monoisotopic (exact) mass is 259 g/mol. The molecule has 1 aromatic carbocycles. The fourth-order valence-corrected chi connectivity index (χ4v) is 2.59. The van der Waals surface area contributed by atoms with Crippen LogP contribution < -0.4 is 5.32 Å². The van der Waals surface area contributed by atoms with Crippen LogP contribution in [-0.2, 0) is 4.79 Å². The first kappa shape index (κ1) is 14.1. The highest BCUT2D eigenvalue weighted by Crippen LogP contribution is 2.34. The number of carbonyl (C=O) groups is 1. The Kier molecular flexibility index (Phi) is 4.28. The van der Waals surface area contributed by atoms with Crippen molar-refractivity contribution in [2.24, 2.45) is 5.92 Å². The van der Waals surface area contributed by atoms with E-state index in [0.717, 1.165) is 18.5 Å². The molecule has 0 saturated heterocycles. The summed E-state index contributed by atoms with van der Waals surface area (Å²) in [4.78, 5) is 12.2. The van der Waals surface area contributed by atoms with E-state index in [0.29, 0.717) is 11.8 Å². The van der Waals surface area contributed by atoms with Gasteiger partial charge in [0.1, 0.15) is 0 Å². The second-order valence-electron chi connectivity index (χ2n) is 6.24. The molecule has 1 aromatic rings. The highest BCUT2D eigenvalue weighted by molar-refractivity contribution is 5.94. The normalized spacial score (nSPS) is 15.7. The molecule has 0 bridgehead atoms. The molecule has 0 spiro atoms. The first-order valence-corrected chi connectivity index (χ1v) is 7.44. The molecular formula is C17H25NO. The van der Waals surface area contributed by atoms with Crippen LogP contribution in [0.2, 0.25) is 0 Å². The van der Waals surface area contributed by atoms with Crippen molar-refractivity contribution in [3.05, 3.63) is 29.3 Å². The Morgan fingerprint density at radius 3 is 2.00 bits per heavy atom. The van der Waals surface area contributed by atoms with Gasteiger partial charge in [-0.05, 0) is 35.8 Å². The van der Waals surface area contributed by atoms with Gasteiger partial charge in [-0.2, -0.15) is 0 Å². The zero-order chi connectivity index (χ0) is 14.0. The maximum atomic E-state index is 12.2. The summed E-state index contributed by atoms with van der Waals surface area (Å²) in [6, 6.07) is 6.36. The summed E-state index contributed by atoms with van der Waals surface area (Å²) >= 11 is 0. The maximum Gasteiger partial charge on any atom is 0.227 e. The lowest BCUT2D eigenvalue weighted by molar-refractivity contribution is -0.122. The molecule has 2 rings (SSSR count). The van der Waals surface area contributed by atoms with E-state index in [1.807, 2.05) is 0 Å². The van der Waals surface area contributed by atoms with Crippen LogP contribution in [0.5, 0.6) is 0 Å². The molecule has 1 amide bonds. The molecule has 1 fully saturated rings. The predicted molar refractivity (Wildman–Crippen MR) is 80.6 cm³/mol. The number of benzene rings is 1. The molecular weight excluding hydrogens is 234 g/mol. The number of anilines is 1. The van der Waals surface area contributed by atoms with Crippen LogP contribution in [-0.4, -0.2) is 5.91 Å². The van der Waals surface area contributed by atoms with Crippen molar-refractivity contribution in [3.63, 3.8) is 0 Å². The highest BCUT2D eigenvalue weighted by atomic mass is 16.1. The van der Waals surface area contributed by atoms with Crippen LogP contribution in [0.4, 0.5) is 5.69 Å². The number of hydrogen-bond acceptors (Lipinski definition) is 1. The van der Waals surface area contributed by atoms with Gasteiger partial charge in [0.2, 0.25) is 5.91 Å². The third-order valence-electron chi connectivity index (χ3n) is 4.10. The largest absolute Gasteiger partial charge is 0.325 e. The third-order valence-corrected chi connectivity index (χ3v) is 4.10. The molecule has 1 N–H and O–H groups in total. The Morgan fingerprint density at radius 1 is 1.11 bits per heavy atom. The Morgan fingerprint density at radius 2 is 1.63 bits per heavy atom. The van der Waals surface area contributed by atoms with Gasteiger partial charge >= 0.3 is 0 Å². The minimum atomic E-state index is 0.209. The number of para-hydroxylation sites is 1. The maximum absolute atomic E-state index is 12.2. The van der Waals surface area contributed by atoms with Crippen molar-refractivity contribution >= 4 is 11.6 Å². The van der Waals surface area contributed by atoms with Crippen LogP contribution in [0.25, 0.3) is 0 Å². The zero-order valence-electron chi connectivity index (χ0n) is 12.5. The quantitative estimate of drug-likeness (QED) is 0.836. The second kappa shape index (κ2) is 5.77. The molecule has 1 aliphatic carbocycles. The molecule has 1 aliphatic rings. The number of rotatable bonds is 4. The van der Waals surface area contributed by atoms with E-state index in [4.69, 9.17) is 0 Å². The van der Waals surface area contributed by atoms with Crippen LogP contribution in [0.15, 0.2) is 18.2 Å². The Bertz CT molecular complexity index is 432. The number of carbonyl (C=O) groups excluding carboxylic acids is 1. The van der Waals surface area contributed by atoms with Crippen molar-refractivity contribution < 1.29 is 4.79 Å². The molecule has 0 radical (unpaired) electrons. The van der Waals surface area contributed by atoms with E-state index >= 15 is 0 Å². The second-order valence-corrected chi connectivity index (χ2v) is 6.24. The lowest BCUT2D eigenvalue weighted by atomic mass is 9.84. The van der Waals surface area contributed by atoms with Crippen LogP contribution >= 0.6 is 0 Å². The van der Waals surface area contributed by atoms with Gasteiger partial charge in [-0.3, -0.25) is 4.79 Å². The van der Waals surface area contributed by atoms with Gasteiger partial charge in [0, 0.05) is 11.6 Å².